The largest absolute Gasteiger partial charge is 0.222 e. The fourth-order valence-electron chi connectivity index (χ4n) is 2.00. The molecule has 20 heavy (non-hydrogen) atoms. The van der Waals surface area contributed by atoms with Crippen molar-refractivity contribution in [1.29, 1.82) is 5.26 Å². The minimum Gasteiger partial charge on any atom is -0.222 e. The fraction of sp³-hybridized carbons (Fsp3) is 0.188. The molecule has 0 spiro atoms. The van der Waals surface area contributed by atoms with Gasteiger partial charge in [-0.2, -0.15) is 5.26 Å². The van der Waals surface area contributed by atoms with E-state index in [1.54, 1.807) is 30.3 Å². The minimum absolute atomic E-state index is 0.171. The van der Waals surface area contributed by atoms with E-state index < -0.39 is 15.1 Å². The van der Waals surface area contributed by atoms with Crippen LogP contribution >= 0.6 is 0 Å². The van der Waals surface area contributed by atoms with Gasteiger partial charge in [-0.3, -0.25) is 0 Å². The number of hydrogen-bond acceptors (Lipinski definition) is 3. The molecule has 0 heterocycles. The Morgan fingerprint density at radius 1 is 1.00 bits per heavy atom. The van der Waals surface area contributed by atoms with Crippen LogP contribution in [0.5, 0.6) is 0 Å². The lowest BCUT2D eigenvalue weighted by atomic mass is 10.0. The third kappa shape index (κ3) is 2.59. The Morgan fingerprint density at radius 3 is 2.20 bits per heavy atom. The summed E-state index contributed by atoms with van der Waals surface area (Å²) in [5, 5.41) is 8.13. The normalized spacial score (nSPS) is 12.7. The van der Waals surface area contributed by atoms with Gasteiger partial charge in [0.2, 0.25) is 0 Å². The maximum absolute atomic E-state index is 12.5. The Balaban J connectivity index is 2.53. The molecule has 0 bridgehead atoms. The van der Waals surface area contributed by atoms with Crippen LogP contribution < -0.4 is 0 Å². The van der Waals surface area contributed by atoms with Gasteiger partial charge >= 0.3 is 0 Å². The average molecular weight is 285 g/mol. The summed E-state index contributed by atoms with van der Waals surface area (Å²) in [5.41, 5.74) is 2.56. The molecule has 2 rings (SSSR count). The molecule has 0 fully saturated rings. The Bertz CT molecular complexity index is 759. The molecule has 102 valence electrons. The molecule has 2 aromatic carbocycles. The van der Waals surface area contributed by atoms with E-state index in [2.05, 4.69) is 0 Å². The number of hydrogen-bond donors (Lipinski definition) is 0. The first-order valence-corrected chi connectivity index (χ1v) is 7.77. The molecule has 3 nitrogen and oxygen atoms in total. The number of sulfone groups is 1. The van der Waals surface area contributed by atoms with E-state index in [4.69, 9.17) is 0 Å². The van der Waals surface area contributed by atoms with Gasteiger partial charge in [0, 0.05) is 0 Å². The summed E-state index contributed by atoms with van der Waals surface area (Å²) in [6.07, 6.45) is 0. The van der Waals surface area contributed by atoms with Gasteiger partial charge in [-0.15, -0.1) is 0 Å². The molecule has 0 aliphatic carbocycles. The number of aryl methyl sites for hydroxylation is 2. The minimum atomic E-state index is -3.69. The standard InChI is InChI=1S/C16H15NO2S/c1-12-8-9-14(10-13(12)2)16(11-17)20(18,19)15-6-4-3-5-7-15/h3-10,16H,1-2H3. The second-order valence-electron chi connectivity index (χ2n) is 4.71. The Kier molecular flexibility index (Phi) is 3.91. The number of nitrogens with zero attached hydrogens (tertiary/aromatic N) is 1. The fourth-order valence-corrected chi connectivity index (χ4v) is 3.45. The van der Waals surface area contributed by atoms with Gasteiger partial charge in [0.25, 0.3) is 0 Å². The highest BCUT2D eigenvalue weighted by atomic mass is 32.2. The van der Waals surface area contributed by atoms with Gasteiger partial charge in [-0.1, -0.05) is 36.4 Å². The summed E-state index contributed by atoms with van der Waals surface area (Å²) in [6, 6.07) is 15.3. The summed E-state index contributed by atoms with van der Waals surface area (Å²) in [7, 11) is -3.69. The number of rotatable bonds is 3. The molecule has 2 aromatic rings. The van der Waals surface area contributed by atoms with Crippen LogP contribution in [0.1, 0.15) is 21.9 Å². The van der Waals surface area contributed by atoms with Crippen LogP contribution in [0.4, 0.5) is 0 Å². The van der Waals surface area contributed by atoms with E-state index in [-0.39, 0.29) is 4.90 Å². The first-order chi connectivity index (χ1) is 9.46. The lowest BCUT2D eigenvalue weighted by Gasteiger charge is -2.12. The second-order valence-corrected chi connectivity index (χ2v) is 6.74. The van der Waals surface area contributed by atoms with Crippen molar-refractivity contribution in [3.05, 3.63) is 65.2 Å². The molecular formula is C16H15NO2S. The molecule has 0 amide bonds. The molecule has 0 aliphatic rings. The number of nitriles is 1. The van der Waals surface area contributed by atoms with Crippen LogP contribution in [-0.2, 0) is 9.84 Å². The zero-order chi connectivity index (χ0) is 14.8. The zero-order valence-electron chi connectivity index (χ0n) is 11.4. The van der Waals surface area contributed by atoms with Crippen molar-refractivity contribution >= 4 is 9.84 Å². The Morgan fingerprint density at radius 2 is 1.65 bits per heavy atom. The van der Waals surface area contributed by atoms with Crippen molar-refractivity contribution in [2.24, 2.45) is 0 Å². The molecule has 0 radical (unpaired) electrons. The van der Waals surface area contributed by atoms with Gasteiger partial charge in [-0.05, 0) is 42.7 Å². The predicted molar refractivity (Wildman–Crippen MR) is 77.9 cm³/mol. The molecule has 0 aromatic heterocycles. The summed E-state index contributed by atoms with van der Waals surface area (Å²) < 4.78 is 25.1. The van der Waals surface area contributed by atoms with Crippen LogP contribution in [0.3, 0.4) is 0 Å². The number of benzene rings is 2. The zero-order valence-corrected chi connectivity index (χ0v) is 12.2. The van der Waals surface area contributed by atoms with Crippen molar-refractivity contribution < 1.29 is 8.42 Å². The molecule has 4 heteroatoms. The van der Waals surface area contributed by atoms with Crippen LogP contribution in [0.2, 0.25) is 0 Å². The highest BCUT2D eigenvalue weighted by molar-refractivity contribution is 7.92. The third-order valence-corrected chi connectivity index (χ3v) is 5.26. The van der Waals surface area contributed by atoms with Gasteiger partial charge in [0.15, 0.2) is 15.1 Å². The Labute approximate surface area is 119 Å². The quantitative estimate of drug-likeness (QED) is 0.869. The molecular weight excluding hydrogens is 270 g/mol. The molecule has 0 aliphatic heterocycles. The van der Waals surface area contributed by atoms with Crippen molar-refractivity contribution in [2.45, 2.75) is 24.0 Å². The Hall–Kier alpha value is -2.12. The van der Waals surface area contributed by atoms with E-state index in [0.717, 1.165) is 11.1 Å². The molecule has 1 atom stereocenters. The van der Waals surface area contributed by atoms with Gasteiger partial charge in [0.05, 0.1) is 11.0 Å². The summed E-state index contributed by atoms with van der Waals surface area (Å²) in [5.74, 6) is 0. The maximum Gasteiger partial charge on any atom is 0.198 e. The smallest absolute Gasteiger partial charge is 0.198 e. The maximum atomic E-state index is 12.5. The highest BCUT2D eigenvalue weighted by Gasteiger charge is 2.29. The summed E-state index contributed by atoms with van der Waals surface area (Å²) in [6.45, 7) is 3.86. The van der Waals surface area contributed by atoms with Crippen LogP contribution in [0, 0.1) is 25.2 Å². The highest BCUT2D eigenvalue weighted by Crippen LogP contribution is 2.29. The molecule has 1 unspecified atom stereocenters. The van der Waals surface area contributed by atoms with E-state index in [9.17, 15) is 13.7 Å². The van der Waals surface area contributed by atoms with Crippen LogP contribution in [0.15, 0.2) is 53.4 Å². The monoisotopic (exact) mass is 285 g/mol. The van der Waals surface area contributed by atoms with E-state index >= 15 is 0 Å². The van der Waals surface area contributed by atoms with Gasteiger partial charge in [0.1, 0.15) is 0 Å². The summed E-state index contributed by atoms with van der Waals surface area (Å²) in [4.78, 5) is 0.171. The molecule has 0 N–H and O–H groups in total. The molecule has 0 saturated carbocycles. The van der Waals surface area contributed by atoms with Crippen molar-refractivity contribution in [2.75, 3.05) is 0 Å². The van der Waals surface area contributed by atoms with E-state index in [1.165, 1.54) is 12.1 Å². The van der Waals surface area contributed by atoms with Crippen LogP contribution in [0.25, 0.3) is 0 Å². The predicted octanol–water partition coefficient (Wildman–Crippen LogP) is 3.34. The lowest BCUT2D eigenvalue weighted by molar-refractivity contribution is 0.591. The topological polar surface area (TPSA) is 57.9 Å². The van der Waals surface area contributed by atoms with E-state index in [1.807, 2.05) is 26.0 Å². The second kappa shape index (κ2) is 5.48. The summed E-state index contributed by atoms with van der Waals surface area (Å²) >= 11 is 0. The van der Waals surface area contributed by atoms with Gasteiger partial charge in [-0.25, -0.2) is 8.42 Å². The average Bonchev–Trinajstić information content (AvgIpc) is 2.44. The van der Waals surface area contributed by atoms with Crippen molar-refractivity contribution in [3.8, 4) is 6.07 Å². The third-order valence-electron chi connectivity index (χ3n) is 3.33. The SMILES string of the molecule is Cc1ccc(C(C#N)S(=O)(=O)c2ccccc2)cc1C. The van der Waals surface area contributed by atoms with Crippen molar-refractivity contribution in [1.82, 2.24) is 0 Å². The van der Waals surface area contributed by atoms with E-state index in [0.29, 0.717) is 5.56 Å². The van der Waals surface area contributed by atoms with Gasteiger partial charge < -0.3 is 0 Å². The van der Waals surface area contributed by atoms with Crippen molar-refractivity contribution in [3.63, 3.8) is 0 Å². The first kappa shape index (κ1) is 14.3. The lowest BCUT2D eigenvalue weighted by Crippen LogP contribution is -2.12. The first-order valence-electron chi connectivity index (χ1n) is 6.22. The van der Waals surface area contributed by atoms with Crippen LogP contribution in [-0.4, -0.2) is 8.42 Å². The molecule has 0 saturated heterocycles.